The van der Waals surface area contributed by atoms with Crippen molar-refractivity contribution in [2.24, 2.45) is 0 Å². The number of hydrogen-bond acceptors (Lipinski definition) is 6. The lowest BCUT2D eigenvalue weighted by Gasteiger charge is -2.14. The van der Waals surface area contributed by atoms with Gasteiger partial charge < -0.3 is 20.4 Å². The van der Waals surface area contributed by atoms with E-state index in [1.165, 1.54) is 12.1 Å². The molecule has 208 valence electrons. The zero-order chi connectivity index (χ0) is 29.1. The van der Waals surface area contributed by atoms with Crippen LogP contribution in [0.2, 0.25) is 0 Å². The number of carbonyl (C=O) groups excluding carboxylic acids is 2. The van der Waals surface area contributed by atoms with Gasteiger partial charge in [-0.2, -0.15) is 13.2 Å². The first-order chi connectivity index (χ1) is 19.6. The standard InChI is InChI=1S/C30H24F3N5O3/c1-3-41-29(40)20-7-4-6-18(14-20)26-36-23-12-13-34-25(23)27(38-26)37-24-15-19(11-10-17(24)2)28(39)35-22-9-5-8-21(16-22)30(31,32)33/h4-16,34H,3H2,1-2H3,(H,35,39)(H,36,37,38). The van der Waals surface area contributed by atoms with Gasteiger partial charge in [-0.25, -0.2) is 14.8 Å². The van der Waals surface area contributed by atoms with Crippen LogP contribution in [0, 0.1) is 6.92 Å². The van der Waals surface area contributed by atoms with Gasteiger partial charge in [0.25, 0.3) is 5.91 Å². The number of carbonyl (C=O) groups is 2. The molecule has 0 spiro atoms. The number of aromatic nitrogens is 3. The molecule has 2 heterocycles. The molecule has 8 nitrogen and oxygen atoms in total. The number of nitrogens with zero attached hydrogens (tertiary/aromatic N) is 2. The molecule has 0 bridgehead atoms. The third-order valence-electron chi connectivity index (χ3n) is 6.24. The molecule has 41 heavy (non-hydrogen) atoms. The third kappa shape index (κ3) is 6.03. The van der Waals surface area contributed by atoms with E-state index in [1.54, 1.807) is 61.7 Å². The zero-order valence-electron chi connectivity index (χ0n) is 22.0. The second-order valence-electron chi connectivity index (χ2n) is 9.12. The van der Waals surface area contributed by atoms with Crippen molar-refractivity contribution in [1.82, 2.24) is 15.0 Å². The van der Waals surface area contributed by atoms with Gasteiger partial charge in [-0.3, -0.25) is 4.79 Å². The summed E-state index contributed by atoms with van der Waals surface area (Å²) in [6.07, 6.45) is -2.81. The van der Waals surface area contributed by atoms with Crippen molar-refractivity contribution in [3.8, 4) is 11.4 Å². The fraction of sp³-hybridized carbons (Fsp3) is 0.133. The molecule has 1 amide bonds. The molecule has 0 radical (unpaired) electrons. The topological polar surface area (TPSA) is 109 Å². The van der Waals surface area contributed by atoms with E-state index in [0.29, 0.717) is 39.5 Å². The monoisotopic (exact) mass is 559 g/mol. The Balaban J connectivity index is 1.45. The van der Waals surface area contributed by atoms with Gasteiger partial charge in [-0.1, -0.05) is 24.3 Å². The van der Waals surface area contributed by atoms with E-state index in [4.69, 9.17) is 4.74 Å². The first-order valence-electron chi connectivity index (χ1n) is 12.6. The smallest absolute Gasteiger partial charge is 0.416 e. The first kappa shape index (κ1) is 27.4. The fourth-order valence-corrected chi connectivity index (χ4v) is 4.17. The summed E-state index contributed by atoms with van der Waals surface area (Å²) in [5.41, 5.74) is 2.97. The van der Waals surface area contributed by atoms with E-state index in [2.05, 4.69) is 25.6 Å². The summed E-state index contributed by atoms with van der Waals surface area (Å²) in [6, 6.07) is 17.9. The molecule has 5 rings (SSSR count). The summed E-state index contributed by atoms with van der Waals surface area (Å²) >= 11 is 0. The number of fused-ring (bicyclic) bond motifs is 1. The van der Waals surface area contributed by atoms with E-state index in [9.17, 15) is 22.8 Å². The summed E-state index contributed by atoms with van der Waals surface area (Å²) in [5.74, 6) is -0.236. The molecule has 11 heteroatoms. The van der Waals surface area contributed by atoms with Crippen LogP contribution in [0.3, 0.4) is 0 Å². The predicted molar refractivity (Wildman–Crippen MR) is 149 cm³/mol. The van der Waals surface area contributed by atoms with Gasteiger partial charge in [-0.05, 0) is 67.9 Å². The summed E-state index contributed by atoms with van der Waals surface area (Å²) in [7, 11) is 0. The number of benzene rings is 3. The summed E-state index contributed by atoms with van der Waals surface area (Å²) < 4.78 is 44.4. The van der Waals surface area contributed by atoms with E-state index >= 15 is 0 Å². The number of H-pyrrole nitrogens is 1. The number of rotatable bonds is 7. The van der Waals surface area contributed by atoms with E-state index < -0.39 is 23.6 Å². The summed E-state index contributed by atoms with van der Waals surface area (Å²) in [5, 5.41) is 5.78. The van der Waals surface area contributed by atoms with E-state index in [-0.39, 0.29) is 17.9 Å². The van der Waals surface area contributed by atoms with Gasteiger partial charge in [0.1, 0.15) is 5.52 Å². The van der Waals surface area contributed by atoms with Gasteiger partial charge in [0, 0.05) is 28.7 Å². The van der Waals surface area contributed by atoms with Crippen molar-refractivity contribution >= 4 is 40.1 Å². The number of alkyl halides is 3. The Bertz CT molecular complexity index is 1760. The molecular formula is C30H24F3N5O3. The van der Waals surface area contributed by atoms with Crippen LogP contribution in [0.5, 0.6) is 0 Å². The van der Waals surface area contributed by atoms with Crippen molar-refractivity contribution in [3.63, 3.8) is 0 Å². The zero-order valence-corrected chi connectivity index (χ0v) is 22.0. The van der Waals surface area contributed by atoms with Gasteiger partial charge >= 0.3 is 12.1 Å². The maximum atomic E-state index is 13.1. The molecule has 0 aliphatic carbocycles. The molecule has 3 aromatic carbocycles. The quantitative estimate of drug-likeness (QED) is 0.183. The number of halogens is 3. The molecule has 5 aromatic rings. The molecule has 0 saturated heterocycles. The predicted octanol–water partition coefficient (Wildman–Crippen LogP) is 7.12. The average Bonchev–Trinajstić information content (AvgIpc) is 3.43. The Morgan fingerprint density at radius 1 is 0.951 bits per heavy atom. The molecule has 0 atom stereocenters. The number of nitrogens with one attached hydrogen (secondary N) is 3. The number of ether oxygens (including phenoxy) is 1. The summed E-state index contributed by atoms with van der Waals surface area (Å²) in [6.45, 7) is 3.82. The van der Waals surface area contributed by atoms with Crippen molar-refractivity contribution in [3.05, 3.63) is 101 Å². The third-order valence-corrected chi connectivity index (χ3v) is 6.24. The van der Waals surface area contributed by atoms with Crippen molar-refractivity contribution in [2.45, 2.75) is 20.0 Å². The largest absolute Gasteiger partial charge is 0.462 e. The van der Waals surface area contributed by atoms with Crippen LogP contribution in [0.4, 0.5) is 30.4 Å². The number of anilines is 3. The molecule has 2 aromatic heterocycles. The lowest BCUT2D eigenvalue weighted by Crippen LogP contribution is -2.13. The minimum atomic E-state index is -4.53. The van der Waals surface area contributed by atoms with Crippen molar-refractivity contribution in [1.29, 1.82) is 0 Å². The van der Waals surface area contributed by atoms with Crippen LogP contribution >= 0.6 is 0 Å². The van der Waals surface area contributed by atoms with Crippen molar-refractivity contribution in [2.75, 3.05) is 17.2 Å². The minimum Gasteiger partial charge on any atom is -0.462 e. The Morgan fingerprint density at radius 2 is 1.76 bits per heavy atom. The number of amides is 1. The molecule has 0 fully saturated rings. The van der Waals surface area contributed by atoms with Crippen LogP contribution in [0.25, 0.3) is 22.4 Å². The summed E-state index contributed by atoms with van der Waals surface area (Å²) in [4.78, 5) is 37.6. The number of hydrogen-bond donors (Lipinski definition) is 3. The highest BCUT2D eigenvalue weighted by atomic mass is 19.4. The lowest BCUT2D eigenvalue weighted by molar-refractivity contribution is -0.137. The van der Waals surface area contributed by atoms with Crippen LogP contribution in [-0.4, -0.2) is 33.4 Å². The Labute approximate surface area is 232 Å². The highest BCUT2D eigenvalue weighted by Crippen LogP contribution is 2.32. The van der Waals surface area contributed by atoms with Gasteiger partial charge in [0.15, 0.2) is 11.6 Å². The van der Waals surface area contributed by atoms with Crippen LogP contribution in [-0.2, 0) is 10.9 Å². The Kier molecular flexibility index (Phi) is 7.43. The fourth-order valence-electron chi connectivity index (χ4n) is 4.17. The molecule has 0 aliphatic heterocycles. The van der Waals surface area contributed by atoms with Crippen LogP contribution in [0.15, 0.2) is 79.0 Å². The second-order valence-corrected chi connectivity index (χ2v) is 9.12. The maximum absolute atomic E-state index is 13.1. The highest BCUT2D eigenvalue weighted by Gasteiger charge is 2.30. The molecule has 0 unspecified atom stereocenters. The van der Waals surface area contributed by atoms with Gasteiger partial charge in [-0.15, -0.1) is 0 Å². The molecule has 3 N–H and O–H groups in total. The lowest BCUT2D eigenvalue weighted by atomic mass is 10.1. The van der Waals surface area contributed by atoms with Crippen molar-refractivity contribution < 1.29 is 27.5 Å². The normalized spacial score (nSPS) is 11.3. The maximum Gasteiger partial charge on any atom is 0.416 e. The SMILES string of the molecule is CCOC(=O)c1cccc(-c2nc(Nc3cc(C(=O)Nc4cccc(C(F)(F)F)c4)ccc3C)c3[nH]ccc3n2)c1. The van der Waals surface area contributed by atoms with E-state index in [0.717, 1.165) is 17.7 Å². The average molecular weight is 560 g/mol. The van der Waals surface area contributed by atoms with Gasteiger partial charge in [0.2, 0.25) is 0 Å². The molecule has 0 saturated carbocycles. The second kappa shape index (κ2) is 11.1. The van der Waals surface area contributed by atoms with E-state index in [1.807, 2.05) is 6.92 Å². The van der Waals surface area contributed by atoms with Gasteiger partial charge in [0.05, 0.1) is 23.3 Å². The first-order valence-corrected chi connectivity index (χ1v) is 12.6. The Hall–Kier alpha value is -5.19. The Morgan fingerprint density at radius 3 is 2.54 bits per heavy atom. The van der Waals surface area contributed by atoms with Crippen LogP contribution in [0.1, 0.15) is 38.8 Å². The number of aryl methyl sites for hydroxylation is 1. The minimum absolute atomic E-state index is 0.0264. The molecular weight excluding hydrogens is 535 g/mol. The number of aromatic amines is 1. The molecule has 0 aliphatic rings. The highest BCUT2D eigenvalue weighted by molar-refractivity contribution is 6.05. The van der Waals surface area contributed by atoms with Crippen LogP contribution < -0.4 is 10.6 Å². The number of esters is 1.